The number of hydrogen-bond acceptors (Lipinski definition) is 2. The fraction of sp³-hybridized carbons (Fsp3) is 0.833. The van der Waals surface area contributed by atoms with E-state index in [1.807, 2.05) is 0 Å². The van der Waals surface area contributed by atoms with Crippen LogP contribution in [0.5, 0.6) is 0 Å². The first kappa shape index (κ1) is 7.03. The van der Waals surface area contributed by atoms with Crippen molar-refractivity contribution >= 4 is 17.6 Å². The third-order valence-electron chi connectivity index (χ3n) is 1.70. The van der Waals surface area contributed by atoms with Crippen LogP contribution in [0, 0.1) is 0 Å². The zero-order chi connectivity index (χ0) is 6.69. The Kier molecular flexibility index (Phi) is 2.49. The predicted molar refractivity (Wildman–Crippen MR) is 36.3 cm³/mol. The van der Waals surface area contributed by atoms with Crippen LogP contribution in [0.25, 0.3) is 0 Å². The number of nitrogens with one attached hydrogen (secondary N) is 1. The van der Waals surface area contributed by atoms with Crippen molar-refractivity contribution < 1.29 is 4.79 Å². The van der Waals surface area contributed by atoms with Crippen molar-refractivity contribution in [1.29, 1.82) is 0 Å². The fourth-order valence-corrected chi connectivity index (χ4v) is 1.27. The van der Waals surface area contributed by atoms with Gasteiger partial charge >= 0.3 is 0 Å². The van der Waals surface area contributed by atoms with Crippen molar-refractivity contribution in [3.05, 3.63) is 0 Å². The molecular formula is C6H10ClNO. The van der Waals surface area contributed by atoms with E-state index < -0.39 is 0 Å². The highest BCUT2D eigenvalue weighted by Crippen LogP contribution is 2.14. The second-order valence-electron chi connectivity index (χ2n) is 2.42. The highest BCUT2D eigenvalue weighted by molar-refractivity contribution is 6.13. The molecule has 1 aliphatic carbocycles. The minimum absolute atomic E-state index is 0.365. The molecule has 0 aromatic rings. The average Bonchev–Trinajstić information content (AvgIpc) is 1.90. The van der Waals surface area contributed by atoms with Gasteiger partial charge in [0, 0.05) is 18.9 Å². The lowest BCUT2D eigenvalue weighted by Crippen LogP contribution is -2.26. The molecule has 9 heavy (non-hydrogen) atoms. The van der Waals surface area contributed by atoms with E-state index in [1.165, 1.54) is 0 Å². The molecule has 0 spiro atoms. The average molecular weight is 148 g/mol. The minimum Gasteiger partial charge on any atom is -0.300 e. The molecule has 1 fully saturated rings. The second-order valence-corrected chi connectivity index (χ2v) is 2.64. The van der Waals surface area contributed by atoms with Crippen LogP contribution in [0.15, 0.2) is 0 Å². The van der Waals surface area contributed by atoms with Gasteiger partial charge in [0.15, 0.2) is 0 Å². The summed E-state index contributed by atoms with van der Waals surface area (Å²) in [6.45, 7) is 0. The Morgan fingerprint density at radius 1 is 1.44 bits per heavy atom. The lowest BCUT2D eigenvalue weighted by molar-refractivity contribution is -0.120. The van der Waals surface area contributed by atoms with E-state index in [4.69, 9.17) is 11.8 Å². The molecule has 0 atom stereocenters. The molecule has 0 amide bonds. The summed E-state index contributed by atoms with van der Waals surface area (Å²) in [6, 6.07) is 0.365. The maximum atomic E-state index is 10.7. The van der Waals surface area contributed by atoms with Crippen LogP contribution in [0.4, 0.5) is 0 Å². The van der Waals surface area contributed by atoms with Crippen LogP contribution in [-0.4, -0.2) is 11.8 Å². The molecule has 0 bridgehead atoms. The van der Waals surface area contributed by atoms with Crippen molar-refractivity contribution in [3.63, 3.8) is 0 Å². The standard InChI is InChI=1S/C6H10ClNO/c7-8-5-1-3-6(9)4-2-5/h5,8H,1-4H2. The molecule has 1 N–H and O–H groups in total. The molecule has 2 nitrogen and oxygen atoms in total. The summed E-state index contributed by atoms with van der Waals surface area (Å²) in [7, 11) is 0. The Labute approximate surface area is 59.7 Å². The van der Waals surface area contributed by atoms with Crippen molar-refractivity contribution in [1.82, 2.24) is 4.84 Å². The summed E-state index contributed by atoms with van der Waals surface area (Å²) in [5.74, 6) is 0.373. The van der Waals surface area contributed by atoms with Gasteiger partial charge in [-0.25, -0.2) is 4.84 Å². The molecule has 0 heterocycles. The molecule has 3 heteroatoms. The van der Waals surface area contributed by atoms with E-state index in [0.717, 1.165) is 12.8 Å². The van der Waals surface area contributed by atoms with Crippen LogP contribution >= 0.6 is 11.8 Å². The molecule has 1 saturated carbocycles. The Hall–Kier alpha value is -0.0800. The predicted octanol–water partition coefficient (Wildman–Crippen LogP) is 1.24. The maximum Gasteiger partial charge on any atom is 0.133 e. The van der Waals surface area contributed by atoms with Gasteiger partial charge in [0.05, 0.1) is 0 Å². The SMILES string of the molecule is O=C1CCC(NCl)CC1. The molecule has 52 valence electrons. The Morgan fingerprint density at radius 2 is 2.00 bits per heavy atom. The lowest BCUT2D eigenvalue weighted by atomic mass is 9.95. The summed E-state index contributed by atoms with van der Waals surface area (Å²) in [5, 5.41) is 0. The first-order valence-electron chi connectivity index (χ1n) is 3.21. The highest BCUT2D eigenvalue weighted by atomic mass is 35.5. The van der Waals surface area contributed by atoms with E-state index in [-0.39, 0.29) is 0 Å². The van der Waals surface area contributed by atoms with Gasteiger partial charge in [-0.3, -0.25) is 4.79 Å². The Bertz CT molecular complexity index is 106. The summed E-state index contributed by atoms with van der Waals surface area (Å²) >= 11 is 5.37. The van der Waals surface area contributed by atoms with Crippen LogP contribution in [-0.2, 0) is 4.79 Å². The van der Waals surface area contributed by atoms with Crippen molar-refractivity contribution in [2.75, 3.05) is 0 Å². The van der Waals surface area contributed by atoms with E-state index in [9.17, 15) is 4.79 Å². The molecule has 0 aromatic carbocycles. The van der Waals surface area contributed by atoms with Crippen molar-refractivity contribution in [3.8, 4) is 0 Å². The van der Waals surface area contributed by atoms with Crippen LogP contribution in [0.1, 0.15) is 25.7 Å². The number of rotatable bonds is 1. The number of Topliss-reactive ketones (excluding diaryl/α,β-unsaturated/α-hetero) is 1. The summed E-state index contributed by atoms with van der Waals surface area (Å²) in [5.41, 5.74) is 0. The summed E-state index contributed by atoms with van der Waals surface area (Å²) in [4.78, 5) is 13.3. The van der Waals surface area contributed by atoms with Gasteiger partial charge in [0.25, 0.3) is 0 Å². The molecular weight excluding hydrogens is 138 g/mol. The molecule has 1 aliphatic rings. The van der Waals surface area contributed by atoms with Gasteiger partial charge in [0.2, 0.25) is 0 Å². The van der Waals surface area contributed by atoms with E-state index in [1.54, 1.807) is 0 Å². The van der Waals surface area contributed by atoms with Gasteiger partial charge in [-0.15, -0.1) is 0 Å². The monoisotopic (exact) mass is 147 g/mol. The number of ketones is 1. The fourth-order valence-electron chi connectivity index (χ4n) is 1.05. The Balaban J connectivity index is 2.26. The first-order chi connectivity index (χ1) is 4.33. The van der Waals surface area contributed by atoms with Crippen molar-refractivity contribution in [2.24, 2.45) is 0 Å². The van der Waals surface area contributed by atoms with Gasteiger partial charge in [-0.1, -0.05) is 0 Å². The topological polar surface area (TPSA) is 29.1 Å². The second kappa shape index (κ2) is 3.18. The molecule has 1 rings (SSSR count). The van der Waals surface area contributed by atoms with Gasteiger partial charge in [0.1, 0.15) is 5.78 Å². The largest absolute Gasteiger partial charge is 0.300 e. The summed E-state index contributed by atoms with van der Waals surface area (Å²) < 4.78 is 0. The molecule has 0 unspecified atom stereocenters. The van der Waals surface area contributed by atoms with Crippen LogP contribution < -0.4 is 4.84 Å². The third-order valence-corrected chi connectivity index (χ3v) is 2.01. The van der Waals surface area contributed by atoms with E-state index in [2.05, 4.69) is 4.84 Å². The first-order valence-corrected chi connectivity index (χ1v) is 3.58. The summed E-state index contributed by atoms with van der Waals surface area (Å²) in [6.07, 6.45) is 3.21. The van der Waals surface area contributed by atoms with Crippen LogP contribution in [0.3, 0.4) is 0 Å². The highest BCUT2D eigenvalue weighted by Gasteiger charge is 2.16. The van der Waals surface area contributed by atoms with Gasteiger partial charge in [-0.05, 0) is 24.6 Å². The smallest absolute Gasteiger partial charge is 0.133 e. The Morgan fingerprint density at radius 3 is 2.44 bits per heavy atom. The zero-order valence-corrected chi connectivity index (χ0v) is 5.95. The molecule has 0 radical (unpaired) electrons. The van der Waals surface area contributed by atoms with E-state index >= 15 is 0 Å². The van der Waals surface area contributed by atoms with Gasteiger partial charge < -0.3 is 0 Å². The maximum absolute atomic E-state index is 10.7. The molecule has 0 aromatic heterocycles. The third kappa shape index (κ3) is 1.95. The van der Waals surface area contributed by atoms with Gasteiger partial charge in [-0.2, -0.15) is 0 Å². The molecule has 0 aliphatic heterocycles. The van der Waals surface area contributed by atoms with E-state index in [0.29, 0.717) is 24.7 Å². The number of carbonyl (C=O) groups is 1. The minimum atomic E-state index is 0.365. The van der Waals surface area contributed by atoms with Crippen LogP contribution in [0.2, 0.25) is 0 Å². The quantitative estimate of drug-likeness (QED) is 0.566. The molecule has 0 saturated heterocycles. The lowest BCUT2D eigenvalue weighted by Gasteiger charge is -2.17. The number of hydrogen-bond donors (Lipinski definition) is 1. The zero-order valence-electron chi connectivity index (χ0n) is 5.19. The van der Waals surface area contributed by atoms with Crippen molar-refractivity contribution in [2.45, 2.75) is 31.7 Å². The number of carbonyl (C=O) groups excluding carboxylic acids is 1. The number of halogens is 1. The normalized spacial score (nSPS) is 22.6.